The Balaban J connectivity index is 1.38. The summed E-state index contributed by atoms with van der Waals surface area (Å²) < 4.78 is 88.6. The summed E-state index contributed by atoms with van der Waals surface area (Å²) in [6.45, 7) is 3.78. The summed E-state index contributed by atoms with van der Waals surface area (Å²) in [6.07, 6.45) is -1.44. The lowest BCUT2D eigenvalue weighted by atomic mass is 9.92. The number of hydrogen-bond donors (Lipinski definition) is 0. The van der Waals surface area contributed by atoms with Crippen LogP contribution in [0.5, 0.6) is 0 Å². The van der Waals surface area contributed by atoms with Crippen molar-refractivity contribution in [3.63, 3.8) is 0 Å². The zero-order valence-electron chi connectivity index (χ0n) is 20.8. The molecule has 7 nitrogen and oxygen atoms in total. The summed E-state index contributed by atoms with van der Waals surface area (Å²) in [5, 5.41) is 4.08. The third-order valence-electron chi connectivity index (χ3n) is 7.27. The van der Waals surface area contributed by atoms with Crippen LogP contribution in [0.3, 0.4) is 0 Å². The van der Waals surface area contributed by atoms with Gasteiger partial charge in [0.05, 0.1) is 29.3 Å². The molecular formula is C26H22F6N6O. The summed E-state index contributed by atoms with van der Waals surface area (Å²) in [5.41, 5.74) is 0.950. The number of halogens is 6. The van der Waals surface area contributed by atoms with E-state index in [1.54, 1.807) is 20.0 Å². The number of aromatic nitrogens is 6. The molecule has 4 heterocycles. The summed E-state index contributed by atoms with van der Waals surface area (Å²) in [5.74, 6) is -3.81. The molecule has 204 valence electrons. The number of ether oxygens (including phenoxy) is 1. The molecule has 6 rings (SSSR count). The van der Waals surface area contributed by atoms with Gasteiger partial charge in [0.1, 0.15) is 28.9 Å². The first-order valence-electron chi connectivity index (χ1n) is 12.3. The fourth-order valence-electron chi connectivity index (χ4n) is 4.82. The first-order valence-corrected chi connectivity index (χ1v) is 12.3. The van der Waals surface area contributed by atoms with E-state index in [2.05, 4.69) is 25.0 Å². The van der Waals surface area contributed by atoms with Crippen molar-refractivity contribution in [3.05, 3.63) is 64.7 Å². The van der Waals surface area contributed by atoms with E-state index < -0.39 is 35.6 Å². The number of benzene rings is 1. The Morgan fingerprint density at radius 3 is 2.49 bits per heavy atom. The Bertz CT molecular complexity index is 1590. The van der Waals surface area contributed by atoms with Gasteiger partial charge < -0.3 is 4.74 Å². The van der Waals surface area contributed by atoms with E-state index >= 15 is 4.39 Å². The molecule has 3 atom stereocenters. The van der Waals surface area contributed by atoms with Gasteiger partial charge in [-0.1, -0.05) is 0 Å². The van der Waals surface area contributed by atoms with E-state index in [1.165, 1.54) is 10.9 Å². The van der Waals surface area contributed by atoms with E-state index in [0.717, 1.165) is 12.1 Å². The van der Waals surface area contributed by atoms with Crippen molar-refractivity contribution >= 4 is 11.2 Å². The van der Waals surface area contributed by atoms with Crippen LogP contribution in [0.15, 0.2) is 30.6 Å². The Hall–Kier alpha value is -3.61. The summed E-state index contributed by atoms with van der Waals surface area (Å²) in [6, 6.07) is 1.31. The maximum absolute atomic E-state index is 15.1. The molecule has 2 aliphatic rings. The third kappa shape index (κ3) is 4.72. The predicted molar refractivity (Wildman–Crippen MR) is 126 cm³/mol. The monoisotopic (exact) mass is 548 g/mol. The Morgan fingerprint density at radius 1 is 1.05 bits per heavy atom. The predicted octanol–water partition coefficient (Wildman–Crippen LogP) is 6.27. The molecule has 0 bridgehead atoms. The molecule has 0 radical (unpaired) electrons. The zero-order chi connectivity index (χ0) is 27.7. The first-order chi connectivity index (χ1) is 18.4. The molecule has 0 amide bonds. The van der Waals surface area contributed by atoms with Crippen LogP contribution in [-0.2, 0) is 10.9 Å². The van der Waals surface area contributed by atoms with Crippen LogP contribution in [0.2, 0.25) is 0 Å². The van der Waals surface area contributed by atoms with E-state index in [0.29, 0.717) is 48.3 Å². The van der Waals surface area contributed by atoms with Gasteiger partial charge in [-0.15, -0.1) is 0 Å². The van der Waals surface area contributed by atoms with Crippen LogP contribution in [-0.4, -0.2) is 42.2 Å². The molecule has 1 aliphatic heterocycles. The highest BCUT2D eigenvalue weighted by molar-refractivity contribution is 5.87. The molecule has 0 N–H and O–H groups in total. The minimum atomic E-state index is -4.70. The molecule has 13 heteroatoms. The standard InChI is InChI=1S/C26H22F6N6O/c1-12-13(2)35-24-22(34-12)21(17-4-3-16(8-18(17)27)26(30,31)32)36-23(37-24)14-5-6-39-19(7-14)15-10-33-38(11-15)20-9-25(20,28)29/h3-4,8,10-11,14,19-20H,5-7,9H2,1-2H3/t14-,19+,20+/m1/s1. The van der Waals surface area contributed by atoms with Crippen molar-refractivity contribution in [1.29, 1.82) is 0 Å². The van der Waals surface area contributed by atoms with Crippen molar-refractivity contribution in [2.75, 3.05) is 6.61 Å². The second kappa shape index (κ2) is 8.97. The molecule has 0 unspecified atom stereocenters. The quantitative estimate of drug-likeness (QED) is 0.280. The molecule has 0 spiro atoms. The molecule has 2 fully saturated rings. The lowest BCUT2D eigenvalue weighted by Gasteiger charge is -2.28. The van der Waals surface area contributed by atoms with Crippen LogP contribution < -0.4 is 0 Å². The Kier molecular flexibility index (Phi) is 5.90. The molecule has 3 aromatic heterocycles. The van der Waals surface area contributed by atoms with Gasteiger partial charge in [-0.2, -0.15) is 18.3 Å². The smallest absolute Gasteiger partial charge is 0.373 e. The Labute approximate surface area is 218 Å². The van der Waals surface area contributed by atoms with Crippen molar-refractivity contribution in [2.24, 2.45) is 0 Å². The molecule has 1 saturated carbocycles. The van der Waals surface area contributed by atoms with Crippen molar-refractivity contribution in [1.82, 2.24) is 29.7 Å². The summed E-state index contributed by atoms with van der Waals surface area (Å²) in [4.78, 5) is 18.2. The lowest BCUT2D eigenvalue weighted by Crippen LogP contribution is -2.20. The van der Waals surface area contributed by atoms with E-state index in [4.69, 9.17) is 4.74 Å². The second-order valence-electron chi connectivity index (χ2n) is 10.0. The molecule has 1 aromatic carbocycles. The minimum absolute atomic E-state index is 0.0450. The Morgan fingerprint density at radius 2 is 1.79 bits per heavy atom. The second-order valence-corrected chi connectivity index (χ2v) is 10.0. The van der Waals surface area contributed by atoms with Crippen LogP contribution in [0.1, 0.15) is 65.7 Å². The average molecular weight is 548 g/mol. The fraction of sp³-hybridized carbons (Fsp3) is 0.423. The van der Waals surface area contributed by atoms with Gasteiger partial charge in [0.25, 0.3) is 5.92 Å². The fourth-order valence-corrected chi connectivity index (χ4v) is 4.82. The van der Waals surface area contributed by atoms with Crippen LogP contribution >= 0.6 is 0 Å². The van der Waals surface area contributed by atoms with Crippen LogP contribution in [0, 0.1) is 19.7 Å². The maximum Gasteiger partial charge on any atom is 0.416 e. The van der Waals surface area contributed by atoms with Gasteiger partial charge in [-0.25, -0.2) is 33.1 Å². The number of rotatable bonds is 4. The first kappa shape index (κ1) is 25.7. The van der Waals surface area contributed by atoms with E-state index in [1.807, 2.05) is 0 Å². The summed E-state index contributed by atoms with van der Waals surface area (Å²) in [7, 11) is 0. The minimum Gasteiger partial charge on any atom is -0.373 e. The summed E-state index contributed by atoms with van der Waals surface area (Å²) >= 11 is 0. The highest BCUT2D eigenvalue weighted by atomic mass is 19.4. The number of nitrogens with zero attached hydrogens (tertiary/aromatic N) is 6. The van der Waals surface area contributed by atoms with Crippen molar-refractivity contribution in [3.8, 4) is 11.3 Å². The van der Waals surface area contributed by atoms with Crippen molar-refractivity contribution < 1.29 is 31.1 Å². The van der Waals surface area contributed by atoms with Gasteiger partial charge in [-0.05, 0) is 44.9 Å². The van der Waals surface area contributed by atoms with Gasteiger partial charge in [0.2, 0.25) is 0 Å². The highest BCUT2D eigenvalue weighted by Gasteiger charge is 2.59. The molecule has 1 saturated heterocycles. The van der Waals surface area contributed by atoms with E-state index in [9.17, 15) is 22.0 Å². The normalized spacial score (nSPS) is 22.8. The van der Waals surface area contributed by atoms with Gasteiger partial charge >= 0.3 is 6.18 Å². The highest BCUT2D eigenvalue weighted by Crippen LogP contribution is 2.52. The molecular weight excluding hydrogens is 526 g/mol. The van der Waals surface area contributed by atoms with Crippen LogP contribution in [0.4, 0.5) is 26.3 Å². The lowest BCUT2D eigenvalue weighted by molar-refractivity contribution is -0.137. The number of aryl methyl sites for hydroxylation is 2. The number of fused-ring (bicyclic) bond motifs is 1. The average Bonchev–Trinajstić information content (AvgIpc) is 3.28. The van der Waals surface area contributed by atoms with Gasteiger partial charge in [0.15, 0.2) is 5.65 Å². The maximum atomic E-state index is 15.1. The van der Waals surface area contributed by atoms with Crippen LogP contribution in [0.25, 0.3) is 22.4 Å². The molecule has 39 heavy (non-hydrogen) atoms. The van der Waals surface area contributed by atoms with Gasteiger partial charge in [0, 0.05) is 36.3 Å². The SMILES string of the molecule is Cc1nc2nc([C@@H]3CCO[C@H](c4cnn([C@H]5CC5(F)F)c4)C3)nc(-c3ccc(C(F)(F)F)cc3F)c2nc1C. The van der Waals surface area contributed by atoms with Crippen molar-refractivity contribution in [2.45, 2.75) is 63.3 Å². The van der Waals surface area contributed by atoms with E-state index in [-0.39, 0.29) is 34.8 Å². The zero-order valence-corrected chi connectivity index (χ0v) is 20.8. The number of hydrogen-bond acceptors (Lipinski definition) is 6. The van der Waals surface area contributed by atoms with Gasteiger partial charge in [-0.3, -0.25) is 4.68 Å². The number of alkyl halides is 5. The largest absolute Gasteiger partial charge is 0.416 e. The third-order valence-corrected chi connectivity index (χ3v) is 7.27. The topological polar surface area (TPSA) is 78.6 Å². The molecule has 1 aliphatic carbocycles. The molecule has 4 aromatic rings.